The van der Waals surface area contributed by atoms with E-state index in [0.29, 0.717) is 23.4 Å². The summed E-state index contributed by atoms with van der Waals surface area (Å²) in [5, 5.41) is 6.95. The van der Waals surface area contributed by atoms with E-state index < -0.39 is 0 Å². The van der Waals surface area contributed by atoms with Crippen molar-refractivity contribution in [1.29, 1.82) is 0 Å². The lowest BCUT2D eigenvalue weighted by Gasteiger charge is -2.12. The summed E-state index contributed by atoms with van der Waals surface area (Å²) in [6.45, 7) is 4.20. The van der Waals surface area contributed by atoms with Crippen LogP contribution in [0.2, 0.25) is 0 Å². The zero-order valence-electron chi connectivity index (χ0n) is 17.6. The maximum absolute atomic E-state index is 12.8. The van der Waals surface area contributed by atoms with Gasteiger partial charge in [-0.2, -0.15) is 0 Å². The summed E-state index contributed by atoms with van der Waals surface area (Å²) in [5.41, 5.74) is 4.12. The molecule has 3 rings (SSSR count). The maximum atomic E-state index is 12.8. The number of nitrogens with zero attached hydrogens (tertiary/aromatic N) is 2. The number of benzene rings is 2. The molecule has 0 aliphatic rings. The minimum Gasteiger partial charge on any atom is -0.361 e. The third-order valence-electron chi connectivity index (χ3n) is 4.75. The fourth-order valence-electron chi connectivity index (χ4n) is 2.94. The lowest BCUT2D eigenvalue weighted by molar-refractivity contribution is 0.0827. The van der Waals surface area contributed by atoms with Crippen LogP contribution in [0.4, 0.5) is 0 Å². The molecule has 30 heavy (non-hydrogen) atoms. The second-order valence-corrected chi connectivity index (χ2v) is 8.18. The van der Waals surface area contributed by atoms with Gasteiger partial charge in [0.15, 0.2) is 0 Å². The fraction of sp³-hybridized carbons (Fsp3) is 0.261. The second-order valence-electron chi connectivity index (χ2n) is 7.17. The van der Waals surface area contributed by atoms with Crippen molar-refractivity contribution in [3.8, 4) is 0 Å². The lowest BCUT2D eigenvalue weighted by Crippen LogP contribution is -2.24. The van der Waals surface area contributed by atoms with Gasteiger partial charge in [0.1, 0.15) is 5.76 Å². The number of carbonyl (C=O) groups is 2. The van der Waals surface area contributed by atoms with Gasteiger partial charge >= 0.3 is 0 Å². The molecule has 0 aliphatic heterocycles. The van der Waals surface area contributed by atoms with Gasteiger partial charge in [-0.1, -0.05) is 29.4 Å². The van der Waals surface area contributed by atoms with E-state index in [1.165, 1.54) is 4.90 Å². The first-order valence-corrected chi connectivity index (χ1v) is 10.6. The summed E-state index contributed by atoms with van der Waals surface area (Å²) in [5.74, 6) is 1.31. The highest BCUT2D eigenvalue weighted by molar-refractivity contribution is 7.98. The van der Waals surface area contributed by atoms with Crippen LogP contribution in [-0.2, 0) is 12.3 Å². The van der Waals surface area contributed by atoms with Crippen LogP contribution in [0.1, 0.15) is 43.3 Å². The van der Waals surface area contributed by atoms with Gasteiger partial charge in [0.2, 0.25) is 0 Å². The molecule has 2 aromatic carbocycles. The molecule has 0 fully saturated rings. The monoisotopic (exact) mass is 423 g/mol. The van der Waals surface area contributed by atoms with Crippen LogP contribution in [-0.4, -0.2) is 36.0 Å². The Labute approximate surface area is 180 Å². The van der Waals surface area contributed by atoms with Crippen LogP contribution >= 0.6 is 11.8 Å². The number of nitrogens with one attached hydrogen (secondary N) is 1. The molecule has 0 saturated carbocycles. The first-order valence-electron chi connectivity index (χ1n) is 9.59. The van der Waals surface area contributed by atoms with Crippen LogP contribution in [0.15, 0.2) is 57.9 Å². The highest BCUT2D eigenvalue weighted by Crippen LogP contribution is 2.28. The summed E-state index contributed by atoms with van der Waals surface area (Å²) in [4.78, 5) is 27.2. The van der Waals surface area contributed by atoms with Crippen molar-refractivity contribution in [2.45, 2.75) is 31.0 Å². The van der Waals surface area contributed by atoms with Gasteiger partial charge in [0.05, 0.1) is 11.3 Å². The van der Waals surface area contributed by atoms with E-state index in [1.807, 2.05) is 50.2 Å². The first kappa shape index (κ1) is 21.6. The Morgan fingerprint density at radius 3 is 2.40 bits per heavy atom. The van der Waals surface area contributed by atoms with E-state index in [1.54, 1.807) is 38.0 Å². The van der Waals surface area contributed by atoms with Gasteiger partial charge in [-0.3, -0.25) is 9.59 Å². The Balaban J connectivity index is 1.64. The molecule has 6 nitrogen and oxygen atoms in total. The van der Waals surface area contributed by atoms with E-state index in [9.17, 15) is 9.59 Å². The van der Waals surface area contributed by atoms with E-state index in [4.69, 9.17) is 4.52 Å². The number of aryl methyl sites for hydroxylation is 2. The molecular weight excluding hydrogens is 398 g/mol. The summed E-state index contributed by atoms with van der Waals surface area (Å²) in [6, 6.07) is 14.8. The standard InChI is InChI=1S/C23H25N3O3S/c1-15-20(16(2)29-25-15)14-30-21-8-6-5-7-19(21)22(27)24-13-17-9-11-18(12-10-17)23(28)26(3)4/h5-12H,13-14H2,1-4H3,(H,24,27). The Kier molecular flexibility index (Phi) is 6.95. The van der Waals surface area contributed by atoms with Crippen molar-refractivity contribution >= 4 is 23.6 Å². The molecule has 0 saturated heterocycles. The average molecular weight is 424 g/mol. The molecule has 0 aliphatic carbocycles. The molecule has 0 spiro atoms. The zero-order valence-corrected chi connectivity index (χ0v) is 18.4. The third-order valence-corrected chi connectivity index (χ3v) is 5.85. The molecule has 1 N–H and O–H groups in total. The van der Waals surface area contributed by atoms with Crippen molar-refractivity contribution in [2.24, 2.45) is 0 Å². The van der Waals surface area contributed by atoms with E-state index >= 15 is 0 Å². The van der Waals surface area contributed by atoms with Gasteiger partial charge in [-0.05, 0) is 43.7 Å². The second kappa shape index (κ2) is 9.63. The van der Waals surface area contributed by atoms with E-state index in [0.717, 1.165) is 27.5 Å². The highest BCUT2D eigenvalue weighted by Gasteiger charge is 2.14. The first-order chi connectivity index (χ1) is 14.4. The molecule has 0 radical (unpaired) electrons. The third kappa shape index (κ3) is 5.10. The van der Waals surface area contributed by atoms with Crippen molar-refractivity contribution < 1.29 is 14.1 Å². The Hall–Kier alpha value is -3.06. The summed E-state index contributed by atoms with van der Waals surface area (Å²) in [6.07, 6.45) is 0. The van der Waals surface area contributed by atoms with Crippen LogP contribution in [0.5, 0.6) is 0 Å². The van der Waals surface area contributed by atoms with Crippen LogP contribution in [0.3, 0.4) is 0 Å². The zero-order chi connectivity index (χ0) is 21.7. The Morgan fingerprint density at radius 2 is 1.77 bits per heavy atom. The molecule has 0 unspecified atom stereocenters. The number of rotatable bonds is 7. The van der Waals surface area contributed by atoms with E-state index in [2.05, 4.69) is 10.5 Å². The van der Waals surface area contributed by atoms with Crippen LogP contribution < -0.4 is 5.32 Å². The maximum Gasteiger partial charge on any atom is 0.253 e. The number of hydrogen-bond acceptors (Lipinski definition) is 5. The van der Waals surface area contributed by atoms with Crippen LogP contribution in [0, 0.1) is 13.8 Å². The fourth-order valence-corrected chi connectivity index (χ4v) is 4.14. The van der Waals surface area contributed by atoms with E-state index in [-0.39, 0.29) is 11.8 Å². The smallest absolute Gasteiger partial charge is 0.253 e. The molecule has 0 bridgehead atoms. The molecule has 7 heteroatoms. The predicted molar refractivity (Wildman–Crippen MR) is 118 cm³/mol. The lowest BCUT2D eigenvalue weighted by atomic mass is 10.1. The average Bonchev–Trinajstić information content (AvgIpc) is 3.07. The topological polar surface area (TPSA) is 75.4 Å². The molecule has 2 amide bonds. The number of carbonyl (C=O) groups excluding carboxylic acids is 2. The quantitative estimate of drug-likeness (QED) is 0.576. The minimum absolute atomic E-state index is 0.0465. The summed E-state index contributed by atoms with van der Waals surface area (Å²) in [7, 11) is 3.44. The SMILES string of the molecule is Cc1noc(C)c1CSc1ccccc1C(=O)NCc1ccc(C(=O)N(C)C)cc1. The van der Waals surface area contributed by atoms with Crippen molar-refractivity contribution in [3.63, 3.8) is 0 Å². The van der Waals surface area contributed by atoms with Crippen LogP contribution in [0.25, 0.3) is 0 Å². The predicted octanol–water partition coefficient (Wildman–Crippen LogP) is 4.22. The minimum atomic E-state index is -0.134. The van der Waals surface area contributed by atoms with Gasteiger partial charge < -0.3 is 14.7 Å². The molecule has 0 atom stereocenters. The Bertz CT molecular complexity index is 1020. The Morgan fingerprint density at radius 1 is 1.07 bits per heavy atom. The van der Waals surface area contributed by atoms with Gasteiger partial charge in [-0.15, -0.1) is 11.8 Å². The van der Waals surface area contributed by atoms with Crippen molar-refractivity contribution in [2.75, 3.05) is 14.1 Å². The number of amides is 2. The molecular formula is C23H25N3O3S. The number of hydrogen-bond donors (Lipinski definition) is 1. The molecule has 156 valence electrons. The molecule has 3 aromatic rings. The summed E-state index contributed by atoms with van der Waals surface area (Å²) < 4.78 is 5.22. The van der Waals surface area contributed by atoms with Gasteiger partial charge in [0, 0.05) is 42.4 Å². The van der Waals surface area contributed by atoms with Crippen molar-refractivity contribution in [3.05, 3.63) is 82.2 Å². The normalized spacial score (nSPS) is 10.7. The number of thioether (sulfide) groups is 1. The number of aromatic nitrogens is 1. The molecule has 1 heterocycles. The summed E-state index contributed by atoms with van der Waals surface area (Å²) >= 11 is 1.59. The highest BCUT2D eigenvalue weighted by atomic mass is 32.2. The largest absolute Gasteiger partial charge is 0.361 e. The molecule has 1 aromatic heterocycles. The van der Waals surface area contributed by atoms with Crippen molar-refractivity contribution in [1.82, 2.24) is 15.4 Å². The van der Waals surface area contributed by atoms with Gasteiger partial charge in [-0.25, -0.2) is 0 Å². The van der Waals surface area contributed by atoms with Gasteiger partial charge in [0.25, 0.3) is 11.8 Å².